The predicted octanol–water partition coefficient (Wildman–Crippen LogP) is 4.26. The van der Waals surface area contributed by atoms with Gasteiger partial charge in [-0.1, -0.05) is 25.4 Å². The van der Waals surface area contributed by atoms with Crippen LogP contribution in [0.2, 0.25) is 5.02 Å². The summed E-state index contributed by atoms with van der Waals surface area (Å²) >= 11 is 5.99. The number of aromatic nitrogens is 2. The van der Waals surface area contributed by atoms with Crippen molar-refractivity contribution in [2.45, 2.75) is 70.2 Å². The summed E-state index contributed by atoms with van der Waals surface area (Å²) < 4.78 is 38.3. The van der Waals surface area contributed by atoms with E-state index in [-0.39, 0.29) is 22.4 Å². The number of nitrogens with zero attached hydrogens (tertiary/aromatic N) is 4. The molecule has 1 amide bonds. The molecule has 0 aliphatic carbocycles. The fraction of sp³-hybridized carbons (Fsp3) is 0.607. The smallest absolute Gasteiger partial charge is 0.387 e. The predicted molar refractivity (Wildman–Crippen MR) is 150 cm³/mol. The summed E-state index contributed by atoms with van der Waals surface area (Å²) in [4.78, 5) is 30.4. The number of hydrogen-bond donors (Lipinski definition) is 2. The minimum absolute atomic E-state index is 0.0644. The number of halogens is 3. The summed E-state index contributed by atoms with van der Waals surface area (Å²) in [5.41, 5.74) is -0.655. The number of morpholine rings is 1. The van der Waals surface area contributed by atoms with E-state index in [9.17, 15) is 23.5 Å². The summed E-state index contributed by atoms with van der Waals surface area (Å²) in [5, 5.41) is 17.6. The van der Waals surface area contributed by atoms with Crippen molar-refractivity contribution in [3.63, 3.8) is 0 Å². The summed E-state index contributed by atoms with van der Waals surface area (Å²) in [6, 6.07) is 5.27. The van der Waals surface area contributed by atoms with Crippen LogP contribution in [0.15, 0.2) is 30.5 Å². The van der Waals surface area contributed by atoms with Gasteiger partial charge >= 0.3 is 12.6 Å². The van der Waals surface area contributed by atoms with Crippen LogP contribution in [0.1, 0.15) is 52.1 Å². The number of alkyl halides is 2. The molecule has 1 atom stereocenters. The zero-order valence-electron chi connectivity index (χ0n) is 23.8. The van der Waals surface area contributed by atoms with Crippen LogP contribution in [0.4, 0.5) is 14.5 Å². The summed E-state index contributed by atoms with van der Waals surface area (Å²) in [5.74, 6) is -1.50. The van der Waals surface area contributed by atoms with Crippen LogP contribution in [0.3, 0.4) is 0 Å². The summed E-state index contributed by atoms with van der Waals surface area (Å²) in [6.07, 6.45) is 2.31. The number of amides is 1. The first-order chi connectivity index (χ1) is 19.3. The van der Waals surface area contributed by atoms with E-state index in [1.165, 1.54) is 18.2 Å². The van der Waals surface area contributed by atoms with Crippen LogP contribution in [-0.2, 0) is 19.9 Å². The first kappa shape index (κ1) is 31.1. The van der Waals surface area contributed by atoms with Gasteiger partial charge in [-0.25, -0.2) is 0 Å². The number of carbonyl (C=O) groups excluding carboxylic acids is 1. The Morgan fingerprint density at radius 2 is 1.90 bits per heavy atom. The van der Waals surface area contributed by atoms with Gasteiger partial charge in [0, 0.05) is 55.7 Å². The molecule has 1 aromatic carbocycles. The second kappa shape index (κ2) is 12.6. The van der Waals surface area contributed by atoms with Crippen molar-refractivity contribution in [1.82, 2.24) is 19.6 Å². The summed E-state index contributed by atoms with van der Waals surface area (Å²) in [6.45, 7) is 7.44. The molecule has 0 saturated carbocycles. The molecule has 10 nitrogen and oxygen atoms in total. The highest BCUT2D eigenvalue weighted by Crippen LogP contribution is 2.37. The van der Waals surface area contributed by atoms with Gasteiger partial charge in [0.05, 0.1) is 17.9 Å². The molecule has 1 aromatic heterocycles. The first-order valence-corrected chi connectivity index (χ1v) is 14.1. The SMILES string of the molecule is CC(C)c1ccnn1C1(C(=O)Nc2ccc(Cl)cc2OC(F)F)CCN(C[C@H](C(=O)O)N2CCOC(C)(C)C2)CC1. The van der Waals surface area contributed by atoms with Crippen molar-refractivity contribution in [3.8, 4) is 5.75 Å². The number of piperidine rings is 1. The number of anilines is 1. The van der Waals surface area contributed by atoms with E-state index in [4.69, 9.17) is 16.3 Å². The minimum Gasteiger partial charge on any atom is -0.480 e. The lowest BCUT2D eigenvalue weighted by Crippen LogP contribution is -2.59. The van der Waals surface area contributed by atoms with Gasteiger partial charge in [-0.15, -0.1) is 0 Å². The van der Waals surface area contributed by atoms with Crippen molar-refractivity contribution in [2.75, 3.05) is 44.6 Å². The molecule has 2 N–H and O–H groups in total. The molecule has 0 unspecified atom stereocenters. The molecule has 2 fully saturated rings. The monoisotopic (exact) mass is 597 g/mol. The maximum Gasteiger partial charge on any atom is 0.387 e. The lowest BCUT2D eigenvalue weighted by atomic mass is 9.85. The number of carboxylic acids is 1. The first-order valence-electron chi connectivity index (χ1n) is 13.7. The molecule has 0 bridgehead atoms. The van der Waals surface area contributed by atoms with Crippen molar-refractivity contribution >= 4 is 29.2 Å². The number of likely N-dealkylation sites (tertiary alicyclic amines) is 1. The molecule has 2 saturated heterocycles. The lowest BCUT2D eigenvalue weighted by molar-refractivity contribution is -0.152. The van der Waals surface area contributed by atoms with E-state index in [2.05, 4.69) is 20.1 Å². The van der Waals surface area contributed by atoms with Crippen LogP contribution >= 0.6 is 11.6 Å². The van der Waals surface area contributed by atoms with Crippen molar-refractivity contribution in [3.05, 3.63) is 41.2 Å². The van der Waals surface area contributed by atoms with Gasteiger partial charge in [-0.3, -0.25) is 19.2 Å². The third-order valence-corrected chi connectivity index (χ3v) is 8.03. The van der Waals surface area contributed by atoms with E-state index in [0.29, 0.717) is 52.2 Å². The number of ether oxygens (including phenoxy) is 2. The molecule has 0 radical (unpaired) electrons. The van der Waals surface area contributed by atoms with Gasteiger partial charge in [0.25, 0.3) is 5.91 Å². The van der Waals surface area contributed by atoms with Gasteiger partial charge in [0.2, 0.25) is 0 Å². The van der Waals surface area contributed by atoms with Crippen LogP contribution in [0.25, 0.3) is 0 Å². The van der Waals surface area contributed by atoms with Crippen molar-refractivity contribution in [1.29, 1.82) is 0 Å². The molecular formula is C28H38ClF2N5O5. The molecule has 0 spiro atoms. The average molecular weight is 598 g/mol. The molecule has 2 aromatic rings. The topological polar surface area (TPSA) is 109 Å². The van der Waals surface area contributed by atoms with Gasteiger partial charge in [0.1, 0.15) is 11.6 Å². The van der Waals surface area contributed by atoms with Crippen molar-refractivity contribution in [2.24, 2.45) is 0 Å². The van der Waals surface area contributed by atoms with Crippen LogP contribution < -0.4 is 10.1 Å². The average Bonchev–Trinajstić information content (AvgIpc) is 3.39. The zero-order valence-corrected chi connectivity index (χ0v) is 24.5. The molecule has 13 heteroatoms. The second-order valence-electron chi connectivity index (χ2n) is 11.6. The Hall–Kier alpha value is -2.80. The highest BCUT2D eigenvalue weighted by atomic mass is 35.5. The maximum atomic E-state index is 14.1. The number of hydrogen-bond acceptors (Lipinski definition) is 7. The van der Waals surface area contributed by atoms with Crippen LogP contribution in [0.5, 0.6) is 5.75 Å². The summed E-state index contributed by atoms with van der Waals surface area (Å²) in [7, 11) is 0. The number of benzene rings is 1. The van der Waals surface area contributed by atoms with Crippen molar-refractivity contribution < 1.29 is 33.0 Å². The third kappa shape index (κ3) is 7.17. The fourth-order valence-electron chi connectivity index (χ4n) is 5.69. The molecular weight excluding hydrogens is 560 g/mol. The highest BCUT2D eigenvalue weighted by molar-refractivity contribution is 6.30. The lowest BCUT2D eigenvalue weighted by Gasteiger charge is -2.45. The number of nitrogens with one attached hydrogen (secondary N) is 1. The largest absolute Gasteiger partial charge is 0.480 e. The number of carbonyl (C=O) groups is 2. The molecule has 4 rings (SSSR count). The Morgan fingerprint density at radius 3 is 2.51 bits per heavy atom. The molecule has 226 valence electrons. The fourth-order valence-corrected chi connectivity index (χ4v) is 5.86. The minimum atomic E-state index is -3.10. The highest BCUT2D eigenvalue weighted by Gasteiger charge is 2.46. The second-order valence-corrected chi connectivity index (χ2v) is 12.0. The van der Waals surface area contributed by atoms with E-state index in [1.807, 2.05) is 38.7 Å². The van der Waals surface area contributed by atoms with Gasteiger partial charge < -0.3 is 24.8 Å². The van der Waals surface area contributed by atoms with E-state index in [1.54, 1.807) is 10.9 Å². The molecule has 2 aliphatic rings. The Bertz CT molecular complexity index is 1230. The number of carboxylic acid groups (broad SMARTS) is 1. The van der Waals surface area contributed by atoms with Gasteiger partial charge in [0.15, 0.2) is 5.75 Å². The van der Waals surface area contributed by atoms with Crippen LogP contribution in [0, 0.1) is 0 Å². The third-order valence-electron chi connectivity index (χ3n) is 7.79. The van der Waals surface area contributed by atoms with Gasteiger partial charge in [-0.2, -0.15) is 13.9 Å². The number of aliphatic carboxylic acids is 1. The zero-order chi connectivity index (χ0) is 29.9. The molecule has 41 heavy (non-hydrogen) atoms. The maximum absolute atomic E-state index is 14.1. The standard InChI is InChI=1S/C28H38ClF2N5O5/c1-18(2)21-7-10-32-36(21)28(25(39)33-20-6-5-19(29)15-23(20)41-26(30)31)8-11-34(12-9-28)16-22(24(37)38)35-13-14-40-27(3,4)17-35/h5-7,10,15,18,22,26H,8-9,11-14,16-17H2,1-4H3,(H,33,39)(H,37,38)/t22-/m1/s1. The quantitative estimate of drug-likeness (QED) is 0.418. The Labute approximate surface area is 243 Å². The molecule has 3 heterocycles. The van der Waals surface area contributed by atoms with Gasteiger partial charge in [-0.05, 0) is 50.8 Å². The van der Waals surface area contributed by atoms with E-state index >= 15 is 0 Å². The Morgan fingerprint density at radius 1 is 1.20 bits per heavy atom. The van der Waals surface area contributed by atoms with E-state index < -0.39 is 35.7 Å². The Balaban J connectivity index is 1.58. The number of rotatable bonds is 10. The molecule has 2 aliphatic heterocycles. The normalized spacial score (nSPS) is 20.2. The van der Waals surface area contributed by atoms with Crippen LogP contribution in [-0.4, -0.2) is 94.1 Å². The Kier molecular flexibility index (Phi) is 9.57. The van der Waals surface area contributed by atoms with E-state index in [0.717, 1.165) is 5.69 Å².